The number of carboxylic acids is 1. The predicted octanol–water partition coefficient (Wildman–Crippen LogP) is 1.86. The molecular formula is C17H15NO8. The molecule has 0 bridgehead atoms. The highest BCUT2D eigenvalue weighted by molar-refractivity contribution is 6.07. The molecule has 9 heteroatoms. The van der Waals surface area contributed by atoms with Crippen LogP contribution in [0.15, 0.2) is 38.5 Å². The average molecular weight is 361 g/mol. The third-order valence-electron chi connectivity index (χ3n) is 3.27. The number of hydrogen-bond acceptors (Lipinski definition) is 8. The molecule has 0 amide bonds. The van der Waals surface area contributed by atoms with Crippen molar-refractivity contribution in [2.75, 3.05) is 6.61 Å². The van der Waals surface area contributed by atoms with E-state index in [4.69, 9.17) is 9.84 Å². The van der Waals surface area contributed by atoms with Crippen LogP contribution in [-0.2, 0) is 4.79 Å². The van der Waals surface area contributed by atoms with E-state index >= 15 is 0 Å². The van der Waals surface area contributed by atoms with Gasteiger partial charge in [0.05, 0.1) is 11.4 Å². The smallest absolute Gasteiger partial charge is 0.351 e. The van der Waals surface area contributed by atoms with Crippen molar-refractivity contribution in [3.8, 4) is 17.4 Å². The van der Waals surface area contributed by atoms with Gasteiger partial charge in [-0.3, -0.25) is 9.79 Å². The van der Waals surface area contributed by atoms with E-state index in [1.165, 1.54) is 19.1 Å². The van der Waals surface area contributed by atoms with Gasteiger partial charge in [-0.15, -0.1) is 0 Å². The molecule has 1 heterocycles. The molecule has 2 aromatic rings. The molecule has 9 nitrogen and oxygen atoms in total. The summed E-state index contributed by atoms with van der Waals surface area (Å²) in [5.74, 6) is -3.29. The molecule has 2 rings (SSSR count). The molecule has 0 radical (unpaired) electrons. The van der Waals surface area contributed by atoms with Crippen molar-refractivity contribution in [3.63, 3.8) is 0 Å². The van der Waals surface area contributed by atoms with Gasteiger partial charge in [0.25, 0.3) is 5.95 Å². The van der Waals surface area contributed by atoms with Crippen LogP contribution in [0.5, 0.6) is 17.4 Å². The second-order valence-electron chi connectivity index (χ2n) is 5.23. The summed E-state index contributed by atoms with van der Waals surface area (Å²) in [7, 11) is 0. The van der Waals surface area contributed by atoms with Gasteiger partial charge in [-0.25, -0.2) is 9.59 Å². The predicted molar refractivity (Wildman–Crippen MR) is 89.8 cm³/mol. The van der Waals surface area contributed by atoms with Crippen molar-refractivity contribution in [1.29, 1.82) is 0 Å². The largest absolute Gasteiger partial charge is 0.506 e. The highest BCUT2D eigenvalue weighted by atomic mass is 16.5. The van der Waals surface area contributed by atoms with Crippen molar-refractivity contribution in [1.82, 2.24) is 0 Å². The molecule has 1 aromatic carbocycles. The van der Waals surface area contributed by atoms with Crippen molar-refractivity contribution in [3.05, 3.63) is 45.8 Å². The second kappa shape index (κ2) is 7.51. The molecule has 0 aliphatic heterocycles. The standard InChI is InChI=1S/C17H15NO8/c1-8(13-15(22)14(9(2)19)17(24)26-16(13)23)18-10-4-3-5-11(6-10)25-7-12(20)21/h3-6,22,24H,7H2,1-2H3,(H,20,21). The first-order valence-electron chi connectivity index (χ1n) is 7.31. The first-order valence-corrected chi connectivity index (χ1v) is 7.31. The van der Waals surface area contributed by atoms with Gasteiger partial charge < -0.3 is 24.5 Å². The number of aliphatic carboxylic acids is 1. The summed E-state index contributed by atoms with van der Waals surface area (Å²) in [5, 5.41) is 28.3. The first-order chi connectivity index (χ1) is 12.2. The minimum atomic E-state index is -1.14. The van der Waals surface area contributed by atoms with E-state index in [9.17, 15) is 24.6 Å². The van der Waals surface area contributed by atoms with Crippen LogP contribution in [0.25, 0.3) is 0 Å². The molecule has 0 unspecified atom stereocenters. The Morgan fingerprint density at radius 2 is 1.88 bits per heavy atom. The van der Waals surface area contributed by atoms with Crippen LogP contribution >= 0.6 is 0 Å². The topological polar surface area (TPSA) is 147 Å². The van der Waals surface area contributed by atoms with Gasteiger partial charge in [0.15, 0.2) is 12.4 Å². The number of carbonyl (C=O) groups is 2. The molecule has 0 saturated carbocycles. The average Bonchev–Trinajstić information content (AvgIpc) is 2.52. The van der Waals surface area contributed by atoms with Crippen LogP contribution in [-0.4, -0.2) is 39.4 Å². The molecule has 26 heavy (non-hydrogen) atoms. The second-order valence-corrected chi connectivity index (χ2v) is 5.23. The van der Waals surface area contributed by atoms with Crippen LogP contribution in [0.3, 0.4) is 0 Å². The molecule has 0 fully saturated rings. The monoisotopic (exact) mass is 361 g/mol. The Morgan fingerprint density at radius 1 is 1.19 bits per heavy atom. The minimum Gasteiger partial charge on any atom is -0.506 e. The Bertz CT molecular complexity index is 958. The number of aromatic hydroxyl groups is 2. The zero-order valence-electron chi connectivity index (χ0n) is 13.8. The maximum atomic E-state index is 11.9. The lowest BCUT2D eigenvalue weighted by atomic mass is 10.1. The van der Waals surface area contributed by atoms with Crippen LogP contribution in [0.2, 0.25) is 0 Å². The van der Waals surface area contributed by atoms with Crippen LogP contribution in [0, 0.1) is 0 Å². The Kier molecular flexibility index (Phi) is 5.41. The summed E-state index contributed by atoms with van der Waals surface area (Å²) in [6.07, 6.45) is 0. The number of carbonyl (C=O) groups excluding carboxylic acids is 1. The number of rotatable bonds is 6. The number of ether oxygens (including phenoxy) is 1. The maximum absolute atomic E-state index is 11.9. The van der Waals surface area contributed by atoms with Gasteiger partial charge >= 0.3 is 11.6 Å². The highest BCUT2D eigenvalue weighted by Crippen LogP contribution is 2.29. The fourth-order valence-electron chi connectivity index (χ4n) is 2.19. The molecule has 136 valence electrons. The molecule has 0 atom stereocenters. The van der Waals surface area contributed by atoms with E-state index in [0.717, 1.165) is 6.92 Å². The van der Waals surface area contributed by atoms with E-state index in [2.05, 4.69) is 9.41 Å². The SMILES string of the molecule is CC(=O)c1c(O)oc(=O)c(C(C)=Nc2cccc(OCC(=O)O)c2)c1O. The van der Waals surface area contributed by atoms with E-state index < -0.39 is 41.2 Å². The normalized spacial score (nSPS) is 11.2. The number of hydrogen-bond donors (Lipinski definition) is 3. The highest BCUT2D eigenvalue weighted by Gasteiger charge is 2.23. The number of nitrogens with zero attached hydrogens (tertiary/aromatic N) is 1. The quantitative estimate of drug-likeness (QED) is 0.522. The lowest BCUT2D eigenvalue weighted by Gasteiger charge is -2.08. The zero-order valence-corrected chi connectivity index (χ0v) is 13.8. The molecule has 1 aromatic heterocycles. The summed E-state index contributed by atoms with van der Waals surface area (Å²) in [6, 6.07) is 6.07. The fourth-order valence-corrected chi connectivity index (χ4v) is 2.19. The summed E-state index contributed by atoms with van der Waals surface area (Å²) in [4.78, 5) is 38.1. The first kappa shape index (κ1) is 18.7. The number of carboxylic acid groups (broad SMARTS) is 1. The van der Waals surface area contributed by atoms with Gasteiger partial charge in [0, 0.05) is 6.07 Å². The van der Waals surface area contributed by atoms with Crippen LogP contribution in [0.4, 0.5) is 5.69 Å². The number of ketones is 1. The summed E-state index contributed by atoms with van der Waals surface area (Å²) in [6.45, 7) is 1.96. The van der Waals surface area contributed by atoms with Gasteiger partial charge in [-0.1, -0.05) is 6.07 Å². The van der Waals surface area contributed by atoms with E-state index in [-0.39, 0.29) is 17.0 Å². The number of Topliss-reactive ketones (excluding diaryl/α,β-unsaturated/α-hetero) is 1. The van der Waals surface area contributed by atoms with E-state index in [1.807, 2.05) is 0 Å². The third-order valence-corrected chi connectivity index (χ3v) is 3.27. The molecule has 0 saturated heterocycles. The van der Waals surface area contributed by atoms with E-state index in [0.29, 0.717) is 5.69 Å². The number of aliphatic imine (C=N–C) groups is 1. The summed E-state index contributed by atoms with van der Waals surface area (Å²) >= 11 is 0. The Labute approximate surface area is 146 Å². The van der Waals surface area contributed by atoms with Crippen molar-refractivity contribution >= 4 is 23.2 Å². The van der Waals surface area contributed by atoms with Gasteiger partial charge in [0.2, 0.25) is 0 Å². The van der Waals surface area contributed by atoms with Crippen LogP contribution in [0.1, 0.15) is 29.8 Å². The minimum absolute atomic E-state index is 0.0223. The van der Waals surface area contributed by atoms with Gasteiger partial charge in [-0.05, 0) is 26.0 Å². The van der Waals surface area contributed by atoms with Gasteiger partial charge in [0.1, 0.15) is 22.6 Å². The van der Waals surface area contributed by atoms with Crippen molar-refractivity contribution in [2.45, 2.75) is 13.8 Å². The summed E-state index contributed by atoms with van der Waals surface area (Å²) in [5.41, 5.74) is -1.63. The lowest BCUT2D eigenvalue weighted by molar-refractivity contribution is -0.139. The third kappa shape index (κ3) is 4.07. The van der Waals surface area contributed by atoms with Crippen LogP contribution < -0.4 is 10.4 Å². The summed E-state index contributed by atoms with van der Waals surface area (Å²) < 4.78 is 9.61. The molecule has 0 aliphatic rings. The van der Waals surface area contributed by atoms with E-state index in [1.54, 1.807) is 12.1 Å². The molecular weight excluding hydrogens is 346 g/mol. The van der Waals surface area contributed by atoms with Gasteiger partial charge in [-0.2, -0.15) is 0 Å². The maximum Gasteiger partial charge on any atom is 0.351 e. The fraction of sp³-hybridized carbons (Fsp3) is 0.176. The van der Waals surface area contributed by atoms with Crippen molar-refractivity contribution < 1.29 is 34.1 Å². The molecule has 0 spiro atoms. The molecule has 0 aliphatic carbocycles. The lowest BCUT2D eigenvalue weighted by Crippen LogP contribution is -2.15. The Hall–Kier alpha value is -3.62. The zero-order chi connectivity index (χ0) is 19.4. The van der Waals surface area contributed by atoms with Crippen molar-refractivity contribution in [2.24, 2.45) is 4.99 Å². The number of benzene rings is 1. The molecule has 3 N–H and O–H groups in total. The Morgan fingerprint density at radius 3 is 2.50 bits per heavy atom. The Balaban J connectivity index is 2.46.